The van der Waals surface area contributed by atoms with Crippen LogP contribution in [0.15, 0.2) is 55.4 Å². The zero-order valence-electron chi connectivity index (χ0n) is 15.6. The minimum absolute atomic E-state index is 0.0188. The summed E-state index contributed by atoms with van der Waals surface area (Å²) < 4.78 is 32.5. The van der Waals surface area contributed by atoms with Crippen molar-refractivity contribution in [1.29, 1.82) is 0 Å². The average molecular weight is 400 g/mol. The van der Waals surface area contributed by atoms with Crippen molar-refractivity contribution in [3.8, 4) is 0 Å². The summed E-state index contributed by atoms with van der Waals surface area (Å²) in [6, 6.07) is 7.79. The van der Waals surface area contributed by atoms with Gasteiger partial charge in [-0.15, -0.1) is 0 Å². The van der Waals surface area contributed by atoms with E-state index in [2.05, 4.69) is 0 Å². The number of hydrogen-bond acceptors (Lipinski definition) is 5. The summed E-state index contributed by atoms with van der Waals surface area (Å²) in [5.74, 6) is 0. The first-order chi connectivity index (χ1) is 13.3. The van der Waals surface area contributed by atoms with Crippen molar-refractivity contribution in [2.75, 3.05) is 14.1 Å². The monoisotopic (exact) mass is 400 g/mol. The first kappa shape index (κ1) is 18.6. The van der Waals surface area contributed by atoms with Crippen molar-refractivity contribution in [2.45, 2.75) is 30.7 Å². The van der Waals surface area contributed by atoms with Crippen molar-refractivity contribution < 1.29 is 12.8 Å². The molecule has 28 heavy (non-hydrogen) atoms. The number of benzene rings is 1. The van der Waals surface area contributed by atoms with Gasteiger partial charge >= 0.3 is 5.63 Å². The van der Waals surface area contributed by atoms with Crippen LogP contribution in [0.1, 0.15) is 23.1 Å². The highest BCUT2D eigenvalue weighted by atomic mass is 32.2. The van der Waals surface area contributed by atoms with Crippen LogP contribution in [0.2, 0.25) is 0 Å². The maximum Gasteiger partial charge on any atom is 0.336 e. The van der Waals surface area contributed by atoms with Gasteiger partial charge in [-0.3, -0.25) is 4.79 Å². The van der Waals surface area contributed by atoms with Crippen LogP contribution in [-0.2, 0) is 29.4 Å². The minimum Gasteiger partial charge on any atom is -0.423 e. The van der Waals surface area contributed by atoms with Gasteiger partial charge < -0.3 is 8.98 Å². The molecule has 0 bridgehead atoms. The van der Waals surface area contributed by atoms with Crippen molar-refractivity contribution in [3.05, 3.63) is 74.0 Å². The quantitative estimate of drug-likeness (QED) is 0.623. The van der Waals surface area contributed by atoms with E-state index in [1.54, 1.807) is 0 Å². The van der Waals surface area contributed by atoms with Crippen molar-refractivity contribution in [1.82, 2.24) is 8.87 Å². The van der Waals surface area contributed by atoms with Crippen LogP contribution in [-0.4, -0.2) is 31.4 Å². The molecule has 0 spiro atoms. The summed E-state index contributed by atoms with van der Waals surface area (Å²) in [6.07, 6.45) is 4.31. The predicted molar refractivity (Wildman–Crippen MR) is 105 cm³/mol. The molecule has 1 aromatic carbocycles. The molecule has 2 aromatic heterocycles. The number of hydrogen-bond donors (Lipinski definition) is 0. The topological polar surface area (TPSA) is 89.6 Å². The molecular formula is C20H20N2O5S. The predicted octanol–water partition coefficient (Wildman–Crippen LogP) is 1.74. The molecule has 0 atom stereocenters. The van der Waals surface area contributed by atoms with E-state index in [4.69, 9.17) is 4.42 Å². The van der Waals surface area contributed by atoms with Gasteiger partial charge in [-0.1, -0.05) is 0 Å². The Bertz CT molecular complexity index is 1300. The van der Waals surface area contributed by atoms with E-state index in [0.29, 0.717) is 11.1 Å². The lowest BCUT2D eigenvalue weighted by Gasteiger charge is -2.14. The Kier molecular flexibility index (Phi) is 4.47. The highest BCUT2D eigenvalue weighted by Crippen LogP contribution is 2.28. The molecule has 0 aliphatic heterocycles. The van der Waals surface area contributed by atoms with Crippen molar-refractivity contribution in [2.24, 2.45) is 0 Å². The van der Waals surface area contributed by atoms with Crippen LogP contribution < -0.4 is 11.2 Å². The highest BCUT2D eigenvalue weighted by molar-refractivity contribution is 7.89. The molecule has 0 saturated heterocycles. The molecule has 0 unspecified atom stereocenters. The van der Waals surface area contributed by atoms with E-state index in [-0.39, 0.29) is 17.0 Å². The standard InChI is InChI=1S/C20H20N2O5S/c1-21(2)28(25,26)16-6-7-19(23)22(12-16)11-15-10-20(24)27-18-9-14-5-3-4-13(14)8-17(15)18/h6-10,12H,3-5,11H2,1-2H3. The van der Waals surface area contributed by atoms with Crippen LogP contribution >= 0.6 is 0 Å². The Morgan fingerprint density at radius 3 is 2.50 bits per heavy atom. The summed E-state index contributed by atoms with van der Waals surface area (Å²) in [5, 5.41) is 0.771. The summed E-state index contributed by atoms with van der Waals surface area (Å²) in [7, 11) is -0.810. The Morgan fingerprint density at radius 2 is 1.79 bits per heavy atom. The molecule has 2 heterocycles. The summed E-state index contributed by atoms with van der Waals surface area (Å²) >= 11 is 0. The maximum absolute atomic E-state index is 12.4. The Hall–Kier alpha value is -2.71. The van der Waals surface area contributed by atoms with Gasteiger partial charge in [-0.2, -0.15) is 0 Å². The normalized spacial score (nSPS) is 14.0. The molecule has 0 radical (unpaired) electrons. The zero-order chi connectivity index (χ0) is 20.1. The lowest BCUT2D eigenvalue weighted by Crippen LogP contribution is -2.26. The van der Waals surface area contributed by atoms with Crippen LogP contribution in [0.4, 0.5) is 0 Å². The van der Waals surface area contributed by atoms with Gasteiger partial charge in [-0.05, 0) is 54.2 Å². The number of sulfonamides is 1. The van der Waals surface area contributed by atoms with Crippen molar-refractivity contribution >= 4 is 21.0 Å². The number of pyridine rings is 1. The fourth-order valence-corrected chi connectivity index (χ4v) is 4.53. The number of nitrogens with zero attached hydrogens (tertiary/aromatic N) is 2. The molecule has 0 saturated carbocycles. The average Bonchev–Trinajstić information content (AvgIpc) is 3.08. The SMILES string of the molecule is CN(C)S(=O)(=O)c1ccc(=O)n(Cc2cc(=O)oc3cc4c(cc23)CCC4)c1. The zero-order valence-corrected chi connectivity index (χ0v) is 16.5. The van der Waals surface area contributed by atoms with Gasteiger partial charge in [0.25, 0.3) is 5.56 Å². The van der Waals surface area contributed by atoms with Gasteiger partial charge in [-0.25, -0.2) is 17.5 Å². The van der Waals surface area contributed by atoms with Crippen LogP contribution in [0, 0.1) is 0 Å². The second-order valence-corrected chi connectivity index (χ2v) is 9.33. The maximum atomic E-state index is 12.4. The summed E-state index contributed by atoms with van der Waals surface area (Å²) in [4.78, 5) is 24.4. The van der Waals surface area contributed by atoms with E-state index in [1.807, 2.05) is 12.1 Å². The molecule has 0 amide bonds. The van der Waals surface area contributed by atoms with Gasteiger partial charge in [0.05, 0.1) is 11.4 Å². The van der Waals surface area contributed by atoms with Crippen molar-refractivity contribution in [3.63, 3.8) is 0 Å². The second-order valence-electron chi connectivity index (χ2n) is 7.18. The third kappa shape index (κ3) is 3.18. The lowest BCUT2D eigenvalue weighted by atomic mass is 10.0. The molecule has 146 valence electrons. The Morgan fingerprint density at radius 1 is 1.07 bits per heavy atom. The first-order valence-corrected chi connectivity index (χ1v) is 10.4. The molecular weight excluding hydrogens is 380 g/mol. The van der Waals surface area contributed by atoms with E-state index in [9.17, 15) is 18.0 Å². The molecule has 7 nitrogen and oxygen atoms in total. The Labute approximate surface area is 161 Å². The number of fused-ring (bicyclic) bond motifs is 2. The van der Waals surface area contributed by atoms with Gasteiger partial charge in [0, 0.05) is 37.8 Å². The van der Waals surface area contributed by atoms with Crippen LogP contribution in [0.25, 0.3) is 11.0 Å². The number of rotatable bonds is 4. The van der Waals surface area contributed by atoms with Gasteiger partial charge in [0.2, 0.25) is 10.0 Å². The largest absolute Gasteiger partial charge is 0.423 e. The Balaban J connectivity index is 1.85. The molecule has 0 N–H and O–H groups in total. The van der Waals surface area contributed by atoms with Gasteiger partial charge in [0.1, 0.15) is 5.58 Å². The summed E-state index contributed by atoms with van der Waals surface area (Å²) in [6.45, 7) is 0.0799. The molecule has 0 fully saturated rings. The third-order valence-corrected chi connectivity index (χ3v) is 6.92. The van der Waals surface area contributed by atoms with E-state index >= 15 is 0 Å². The number of aryl methyl sites for hydroxylation is 2. The molecule has 8 heteroatoms. The molecule has 1 aliphatic carbocycles. The van der Waals surface area contributed by atoms with E-state index < -0.39 is 15.6 Å². The second kappa shape index (κ2) is 6.72. The van der Waals surface area contributed by atoms with Crippen LogP contribution in [0.3, 0.4) is 0 Å². The molecule has 4 rings (SSSR count). The van der Waals surface area contributed by atoms with E-state index in [0.717, 1.165) is 29.0 Å². The fraction of sp³-hybridized carbons (Fsp3) is 0.300. The third-order valence-electron chi connectivity index (χ3n) is 5.12. The number of aromatic nitrogens is 1. The minimum atomic E-state index is -3.67. The van der Waals surface area contributed by atoms with Gasteiger partial charge in [0.15, 0.2) is 0 Å². The summed E-state index contributed by atoms with van der Waals surface area (Å²) in [5.41, 5.74) is 2.68. The van der Waals surface area contributed by atoms with Crippen LogP contribution in [0.5, 0.6) is 0 Å². The highest BCUT2D eigenvalue weighted by Gasteiger charge is 2.19. The van der Waals surface area contributed by atoms with E-state index in [1.165, 1.54) is 54.2 Å². The molecule has 1 aliphatic rings. The smallest absolute Gasteiger partial charge is 0.336 e. The fourth-order valence-electron chi connectivity index (χ4n) is 3.61. The lowest BCUT2D eigenvalue weighted by molar-refractivity contribution is 0.519. The molecule has 3 aromatic rings. The first-order valence-electron chi connectivity index (χ1n) is 8.97.